The first kappa shape index (κ1) is 18.6. The Labute approximate surface area is 166 Å². The minimum atomic E-state index is -0.469. The first-order chi connectivity index (χ1) is 14.1. The van der Waals surface area contributed by atoms with Crippen LogP contribution in [0, 0.1) is 11.6 Å². The summed E-state index contributed by atoms with van der Waals surface area (Å²) in [5.41, 5.74) is 2.31. The van der Waals surface area contributed by atoms with Crippen LogP contribution >= 0.6 is 0 Å². The van der Waals surface area contributed by atoms with Gasteiger partial charge in [-0.25, -0.2) is 13.5 Å². The van der Waals surface area contributed by atoms with E-state index in [0.29, 0.717) is 5.69 Å². The van der Waals surface area contributed by atoms with E-state index in [1.165, 1.54) is 28.9 Å². The van der Waals surface area contributed by atoms with Gasteiger partial charge in [0.25, 0.3) is 5.91 Å². The van der Waals surface area contributed by atoms with E-state index in [1.807, 2.05) is 30.3 Å². The molecule has 0 bridgehead atoms. The quantitative estimate of drug-likeness (QED) is 0.539. The van der Waals surface area contributed by atoms with Gasteiger partial charge in [-0.05, 0) is 47.5 Å². The van der Waals surface area contributed by atoms with Crippen LogP contribution in [0.3, 0.4) is 0 Å². The molecule has 1 aromatic heterocycles. The summed E-state index contributed by atoms with van der Waals surface area (Å²) < 4.78 is 28.2. The minimum Gasteiger partial charge on any atom is -0.340 e. The molecular weight excluding hydrogens is 372 g/mol. The molecule has 0 aliphatic heterocycles. The number of carbonyl (C=O) groups is 1. The summed E-state index contributed by atoms with van der Waals surface area (Å²) in [7, 11) is 0. The summed E-state index contributed by atoms with van der Waals surface area (Å²) >= 11 is 0. The number of carbonyl (C=O) groups excluding carboxylic acids is 1. The zero-order valence-corrected chi connectivity index (χ0v) is 15.3. The molecule has 144 valence electrons. The Kier molecular flexibility index (Phi) is 5.16. The number of halogens is 2. The third-order valence-corrected chi connectivity index (χ3v) is 4.51. The van der Waals surface area contributed by atoms with Gasteiger partial charge < -0.3 is 5.32 Å². The number of rotatable bonds is 5. The predicted molar refractivity (Wildman–Crippen MR) is 106 cm³/mol. The second-order valence-electron chi connectivity index (χ2n) is 6.49. The second kappa shape index (κ2) is 8.06. The highest BCUT2D eigenvalue weighted by Crippen LogP contribution is 2.23. The molecule has 1 amide bonds. The Hall–Kier alpha value is -3.80. The van der Waals surface area contributed by atoms with Crippen LogP contribution in [0.5, 0.6) is 0 Å². The lowest BCUT2D eigenvalue weighted by Gasteiger charge is -2.19. The van der Waals surface area contributed by atoms with Crippen molar-refractivity contribution in [3.05, 3.63) is 120 Å². The number of hydrogen-bond acceptors (Lipinski definition) is 2. The maximum Gasteiger partial charge on any atom is 0.272 e. The second-order valence-corrected chi connectivity index (χ2v) is 6.49. The molecule has 0 fully saturated rings. The summed E-state index contributed by atoms with van der Waals surface area (Å²) in [5, 5.41) is 7.20. The van der Waals surface area contributed by atoms with Crippen molar-refractivity contribution >= 4 is 5.91 Å². The van der Waals surface area contributed by atoms with Crippen LogP contribution < -0.4 is 5.32 Å². The lowest BCUT2D eigenvalue weighted by atomic mass is 9.98. The lowest BCUT2D eigenvalue weighted by molar-refractivity contribution is 0.0937. The van der Waals surface area contributed by atoms with Crippen molar-refractivity contribution in [2.75, 3.05) is 0 Å². The van der Waals surface area contributed by atoms with Gasteiger partial charge in [-0.2, -0.15) is 5.10 Å². The highest BCUT2D eigenvalue weighted by molar-refractivity contribution is 5.92. The third kappa shape index (κ3) is 4.21. The van der Waals surface area contributed by atoms with Crippen LogP contribution in [0.2, 0.25) is 0 Å². The van der Waals surface area contributed by atoms with Crippen LogP contribution in [0.4, 0.5) is 8.78 Å². The largest absolute Gasteiger partial charge is 0.340 e. The van der Waals surface area contributed by atoms with E-state index in [4.69, 9.17) is 0 Å². The molecule has 0 saturated heterocycles. The van der Waals surface area contributed by atoms with E-state index >= 15 is 0 Å². The van der Waals surface area contributed by atoms with Crippen molar-refractivity contribution in [1.29, 1.82) is 0 Å². The normalized spacial score (nSPS) is 11.8. The topological polar surface area (TPSA) is 46.9 Å². The Balaban J connectivity index is 1.61. The van der Waals surface area contributed by atoms with Gasteiger partial charge in [0.05, 0.1) is 11.7 Å². The van der Waals surface area contributed by atoms with Gasteiger partial charge in [-0.15, -0.1) is 0 Å². The van der Waals surface area contributed by atoms with Crippen LogP contribution in [0.1, 0.15) is 27.7 Å². The Morgan fingerprint density at radius 3 is 2.28 bits per heavy atom. The molecule has 4 rings (SSSR count). The van der Waals surface area contributed by atoms with Crippen molar-refractivity contribution in [3.63, 3.8) is 0 Å². The molecule has 1 N–H and O–H groups in total. The van der Waals surface area contributed by atoms with Gasteiger partial charge in [0, 0.05) is 6.20 Å². The molecule has 0 saturated carbocycles. The van der Waals surface area contributed by atoms with E-state index in [0.717, 1.165) is 11.1 Å². The van der Waals surface area contributed by atoms with E-state index in [9.17, 15) is 13.6 Å². The minimum absolute atomic E-state index is 0.192. The summed E-state index contributed by atoms with van der Waals surface area (Å²) in [5.74, 6) is -1.12. The van der Waals surface area contributed by atoms with Crippen molar-refractivity contribution in [2.45, 2.75) is 6.04 Å². The predicted octanol–water partition coefficient (Wildman–Crippen LogP) is 4.67. The van der Waals surface area contributed by atoms with Crippen LogP contribution in [0.25, 0.3) is 5.69 Å². The van der Waals surface area contributed by atoms with Gasteiger partial charge in [0.15, 0.2) is 5.69 Å². The zero-order valence-electron chi connectivity index (χ0n) is 15.3. The van der Waals surface area contributed by atoms with Crippen molar-refractivity contribution in [3.8, 4) is 5.69 Å². The van der Waals surface area contributed by atoms with Crippen molar-refractivity contribution in [2.24, 2.45) is 0 Å². The van der Waals surface area contributed by atoms with E-state index in [-0.39, 0.29) is 17.3 Å². The average Bonchev–Trinajstić information content (AvgIpc) is 3.24. The molecule has 6 heteroatoms. The fourth-order valence-corrected chi connectivity index (χ4v) is 3.07. The number of nitrogens with one attached hydrogen (secondary N) is 1. The van der Waals surface area contributed by atoms with Gasteiger partial charge in [0.1, 0.15) is 11.6 Å². The van der Waals surface area contributed by atoms with Crippen LogP contribution in [-0.4, -0.2) is 15.7 Å². The summed E-state index contributed by atoms with van der Waals surface area (Å²) in [6.07, 6.45) is 1.60. The SMILES string of the molecule is O=C(NC(c1ccccc1)c1ccc(F)cc1)c1ccn(-c2cccc(F)c2)n1. The third-order valence-electron chi connectivity index (χ3n) is 4.51. The van der Waals surface area contributed by atoms with E-state index < -0.39 is 11.9 Å². The lowest BCUT2D eigenvalue weighted by Crippen LogP contribution is -2.29. The first-order valence-corrected chi connectivity index (χ1v) is 9.03. The fourth-order valence-electron chi connectivity index (χ4n) is 3.07. The van der Waals surface area contributed by atoms with Crippen LogP contribution in [0.15, 0.2) is 91.1 Å². The number of amides is 1. The maximum absolute atomic E-state index is 13.4. The summed E-state index contributed by atoms with van der Waals surface area (Å²) in [6, 6.07) is 22.4. The molecule has 3 aromatic carbocycles. The molecule has 29 heavy (non-hydrogen) atoms. The van der Waals surface area contributed by atoms with E-state index in [1.54, 1.807) is 36.5 Å². The Bertz CT molecular complexity index is 1120. The number of hydrogen-bond donors (Lipinski definition) is 1. The maximum atomic E-state index is 13.4. The molecule has 0 aliphatic carbocycles. The Morgan fingerprint density at radius 1 is 0.828 bits per heavy atom. The molecular formula is C23H17F2N3O. The van der Waals surface area contributed by atoms with Crippen molar-refractivity contribution < 1.29 is 13.6 Å². The highest BCUT2D eigenvalue weighted by atomic mass is 19.1. The van der Waals surface area contributed by atoms with Crippen LogP contribution in [-0.2, 0) is 0 Å². The fraction of sp³-hybridized carbons (Fsp3) is 0.0435. The van der Waals surface area contributed by atoms with Gasteiger partial charge in [0.2, 0.25) is 0 Å². The molecule has 1 atom stereocenters. The number of nitrogens with zero attached hydrogens (tertiary/aromatic N) is 2. The average molecular weight is 389 g/mol. The molecule has 4 aromatic rings. The Morgan fingerprint density at radius 2 is 1.55 bits per heavy atom. The van der Waals surface area contributed by atoms with E-state index in [2.05, 4.69) is 10.4 Å². The molecule has 1 unspecified atom stereocenters. The first-order valence-electron chi connectivity index (χ1n) is 9.03. The number of benzene rings is 3. The van der Waals surface area contributed by atoms with Gasteiger partial charge >= 0.3 is 0 Å². The van der Waals surface area contributed by atoms with Crippen molar-refractivity contribution in [1.82, 2.24) is 15.1 Å². The van der Waals surface area contributed by atoms with Gasteiger partial charge in [-0.3, -0.25) is 4.79 Å². The zero-order chi connectivity index (χ0) is 20.2. The summed E-state index contributed by atoms with van der Waals surface area (Å²) in [6.45, 7) is 0. The molecule has 0 aliphatic rings. The number of aromatic nitrogens is 2. The highest BCUT2D eigenvalue weighted by Gasteiger charge is 2.19. The van der Waals surface area contributed by atoms with Gasteiger partial charge in [-0.1, -0.05) is 48.5 Å². The molecule has 4 nitrogen and oxygen atoms in total. The monoisotopic (exact) mass is 389 g/mol. The standard InChI is InChI=1S/C23H17F2N3O/c24-18-11-9-17(10-12-18)22(16-5-2-1-3-6-16)26-23(29)21-13-14-28(27-21)20-8-4-7-19(25)15-20/h1-15,22H,(H,26,29). The summed E-state index contributed by atoms with van der Waals surface area (Å²) in [4.78, 5) is 12.8. The molecule has 1 heterocycles. The molecule has 0 radical (unpaired) electrons. The molecule has 0 spiro atoms. The smallest absolute Gasteiger partial charge is 0.272 e.